The fraction of sp³-hybridized carbons (Fsp3) is 0.500. The minimum atomic E-state index is -0.180. The van der Waals surface area contributed by atoms with Crippen molar-refractivity contribution in [2.24, 2.45) is 18.7 Å². The van der Waals surface area contributed by atoms with Crippen molar-refractivity contribution in [1.29, 1.82) is 0 Å². The van der Waals surface area contributed by atoms with Gasteiger partial charge in [0.2, 0.25) is 0 Å². The van der Waals surface area contributed by atoms with E-state index >= 15 is 0 Å². The van der Waals surface area contributed by atoms with E-state index in [2.05, 4.69) is 5.32 Å². The SMILES string of the molecule is CC(=O)c1cc(C(=O)NCC(C)CN)n(C)c1. The second kappa shape index (κ2) is 5.63. The average Bonchev–Trinajstić information content (AvgIpc) is 2.68. The van der Waals surface area contributed by atoms with E-state index in [4.69, 9.17) is 5.73 Å². The molecule has 0 saturated heterocycles. The third kappa shape index (κ3) is 3.42. The molecule has 1 unspecified atom stereocenters. The molecule has 94 valence electrons. The molecular formula is C12H19N3O2. The number of aryl methyl sites for hydroxylation is 1. The predicted octanol–water partition coefficient (Wildman–Crippen LogP) is 0.552. The monoisotopic (exact) mass is 237 g/mol. The Morgan fingerprint density at radius 3 is 2.65 bits per heavy atom. The molecule has 1 aromatic heterocycles. The second-order valence-electron chi connectivity index (χ2n) is 4.33. The molecular weight excluding hydrogens is 218 g/mol. The first kappa shape index (κ1) is 13.4. The van der Waals surface area contributed by atoms with Crippen LogP contribution < -0.4 is 11.1 Å². The lowest BCUT2D eigenvalue weighted by Gasteiger charge is -2.10. The molecule has 0 spiro atoms. The number of nitrogens with one attached hydrogen (secondary N) is 1. The summed E-state index contributed by atoms with van der Waals surface area (Å²) in [6, 6.07) is 1.60. The summed E-state index contributed by atoms with van der Waals surface area (Å²) in [5.41, 5.74) is 6.50. The molecule has 0 aliphatic carbocycles. The molecule has 17 heavy (non-hydrogen) atoms. The van der Waals surface area contributed by atoms with Crippen molar-refractivity contribution in [1.82, 2.24) is 9.88 Å². The summed E-state index contributed by atoms with van der Waals surface area (Å²) >= 11 is 0. The summed E-state index contributed by atoms with van der Waals surface area (Å²) in [4.78, 5) is 23.0. The number of amides is 1. The summed E-state index contributed by atoms with van der Waals surface area (Å²) < 4.78 is 1.65. The largest absolute Gasteiger partial charge is 0.350 e. The molecule has 5 heteroatoms. The molecule has 1 rings (SSSR count). The zero-order valence-corrected chi connectivity index (χ0v) is 10.5. The number of nitrogens with zero attached hydrogens (tertiary/aromatic N) is 1. The second-order valence-corrected chi connectivity index (χ2v) is 4.33. The Kier molecular flexibility index (Phi) is 4.45. The van der Waals surface area contributed by atoms with E-state index in [0.717, 1.165) is 0 Å². The summed E-state index contributed by atoms with van der Waals surface area (Å²) in [6.45, 7) is 4.52. The first-order valence-corrected chi connectivity index (χ1v) is 5.61. The van der Waals surface area contributed by atoms with Crippen LogP contribution in [0.3, 0.4) is 0 Å². The highest BCUT2D eigenvalue weighted by Crippen LogP contribution is 2.08. The third-order valence-corrected chi connectivity index (χ3v) is 2.66. The number of carbonyl (C=O) groups is 2. The van der Waals surface area contributed by atoms with Gasteiger partial charge in [-0.3, -0.25) is 9.59 Å². The summed E-state index contributed by atoms with van der Waals surface area (Å²) in [6.07, 6.45) is 1.66. The van der Waals surface area contributed by atoms with Gasteiger partial charge in [-0.15, -0.1) is 0 Å². The Morgan fingerprint density at radius 1 is 1.53 bits per heavy atom. The zero-order valence-electron chi connectivity index (χ0n) is 10.5. The van der Waals surface area contributed by atoms with Gasteiger partial charge in [0.25, 0.3) is 5.91 Å². The van der Waals surface area contributed by atoms with Crippen LogP contribution in [-0.4, -0.2) is 29.3 Å². The van der Waals surface area contributed by atoms with Gasteiger partial charge >= 0.3 is 0 Å². The van der Waals surface area contributed by atoms with Gasteiger partial charge in [-0.1, -0.05) is 6.92 Å². The van der Waals surface area contributed by atoms with Crippen LogP contribution in [0.2, 0.25) is 0 Å². The standard InChI is InChI=1S/C12H19N3O2/c1-8(5-13)6-14-12(17)11-4-10(9(2)16)7-15(11)3/h4,7-8H,5-6,13H2,1-3H3,(H,14,17). The number of carbonyl (C=O) groups excluding carboxylic acids is 2. The Morgan fingerprint density at radius 2 is 2.18 bits per heavy atom. The number of rotatable bonds is 5. The van der Waals surface area contributed by atoms with Gasteiger partial charge in [0.15, 0.2) is 5.78 Å². The maximum Gasteiger partial charge on any atom is 0.267 e. The molecule has 0 aliphatic heterocycles. The van der Waals surface area contributed by atoms with Crippen molar-refractivity contribution in [2.45, 2.75) is 13.8 Å². The first-order chi connectivity index (χ1) is 7.95. The zero-order chi connectivity index (χ0) is 13.0. The van der Waals surface area contributed by atoms with Gasteiger partial charge in [0.05, 0.1) is 0 Å². The number of hydrogen-bond donors (Lipinski definition) is 2. The maximum atomic E-state index is 11.8. The van der Waals surface area contributed by atoms with E-state index in [0.29, 0.717) is 24.3 Å². The lowest BCUT2D eigenvalue weighted by molar-refractivity contribution is 0.0940. The lowest BCUT2D eigenvalue weighted by atomic mass is 10.2. The van der Waals surface area contributed by atoms with Gasteiger partial charge in [-0.25, -0.2) is 0 Å². The Bertz CT molecular complexity index is 423. The Balaban J connectivity index is 2.72. The van der Waals surface area contributed by atoms with E-state index < -0.39 is 0 Å². The highest BCUT2D eigenvalue weighted by molar-refractivity contribution is 5.99. The highest BCUT2D eigenvalue weighted by atomic mass is 16.2. The van der Waals surface area contributed by atoms with Gasteiger partial charge in [0, 0.05) is 25.4 Å². The molecule has 0 fully saturated rings. The van der Waals surface area contributed by atoms with Crippen LogP contribution in [0.5, 0.6) is 0 Å². The van der Waals surface area contributed by atoms with E-state index in [1.54, 1.807) is 23.9 Å². The van der Waals surface area contributed by atoms with Crippen molar-refractivity contribution in [3.63, 3.8) is 0 Å². The molecule has 0 aromatic carbocycles. The molecule has 5 nitrogen and oxygen atoms in total. The van der Waals surface area contributed by atoms with Gasteiger partial charge < -0.3 is 15.6 Å². The number of ketones is 1. The number of aromatic nitrogens is 1. The van der Waals surface area contributed by atoms with Crippen molar-refractivity contribution >= 4 is 11.7 Å². The number of Topliss-reactive ketones (excluding diaryl/α,β-unsaturated/α-hetero) is 1. The van der Waals surface area contributed by atoms with E-state index in [1.807, 2.05) is 6.92 Å². The van der Waals surface area contributed by atoms with Gasteiger partial charge in [0.1, 0.15) is 5.69 Å². The first-order valence-electron chi connectivity index (χ1n) is 5.61. The van der Waals surface area contributed by atoms with Crippen molar-refractivity contribution in [2.75, 3.05) is 13.1 Å². The van der Waals surface area contributed by atoms with Crippen LogP contribution in [0, 0.1) is 5.92 Å². The Labute approximate surface area is 101 Å². The maximum absolute atomic E-state index is 11.8. The normalized spacial score (nSPS) is 12.2. The van der Waals surface area contributed by atoms with Crippen molar-refractivity contribution in [3.8, 4) is 0 Å². The summed E-state index contributed by atoms with van der Waals surface area (Å²) in [5, 5.41) is 2.79. The quantitative estimate of drug-likeness (QED) is 0.734. The van der Waals surface area contributed by atoms with Crippen LogP contribution in [0.1, 0.15) is 34.7 Å². The average molecular weight is 237 g/mol. The van der Waals surface area contributed by atoms with E-state index in [-0.39, 0.29) is 17.6 Å². The molecule has 1 atom stereocenters. The van der Waals surface area contributed by atoms with Crippen LogP contribution in [0.15, 0.2) is 12.3 Å². The molecule has 0 bridgehead atoms. The van der Waals surface area contributed by atoms with Crippen LogP contribution in [0.25, 0.3) is 0 Å². The minimum absolute atomic E-state index is 0.0463. The topological polar surface area (TPSA) is 77.1 Å². The fourth-order valence-electron chi connectivity index (χ4n) is 1.42. The van der Waals surface area contributed by atoms with E-state index in [1.165, 1.54) is 6.92 Å². The Hall–Kier alpha value is -1.62. The summed E-state index contributed by atoms with van der Waals surface area (Å²) in [7, 11) is 1.74. The van der Waals surface area contributed by atoms with Crippen molar-refractivity contribution in [3.05, 3.63) is 23.5 Å². The third-order valence-electron chi connectivity index (χ3n) is 2.66. The van der Waals surface area contributed by atoms with Crippen molar-refractivity contribution < 1.29 is 9.59 Å². The fourth-order valence-corrected chi connectivity index (χ4v) is 1.42. The number of nitrogens with two attached hydrogens (primary N) is 1. The van der Waals surface area contributed by atoms with E-state index in [9.17, 15) is 9.59 Å². The molecule has 0 radical (unpaired) electrons. The minimum Gasteiger partial charge on any atom is -0.350 e. The smallest absolute Gasteiger partial charge is 0.267 e. The van der Waals surface area contributed by atoms with Gasteiger partial charge in [-0.2, -0.15) is 0 Å². The lowest BCUT2D eigenvalue weighted by Crippen LogP contribution is -2.32. The number of hydrogen-bond acceptors (Lipinski definition) is 3. The molecule has 0 aliphatic rings. The predicted molar refractivity (Wildman–Crippen MR) is 66.0 cm³/mol. The van der Waals surface area contributed by atoms with Gasteiger partial charge in [-0.05, 0) is 25.5 Å². The summed E-state index contributed by atoms with van der Waals surface area (Å²) in [5.74, 6) is 0.0155. The van der Waals surface area contributed by atoms with Crippen LogP contribution in [0.4, 0.5) is 0 Å². The molecule has 0 saturated carbocycles. The van der Waals surface area contributed by atoms with Crippen LogP contribution >= 0.6 is 0 Å². The highest BCUT2D eigenvalue weighted by Gasteiger charge is 2.13. The van der Waals surface area contributed by atoms with Crippen LogP contribution in [-0.2, 0) is 7.05 Å². The molecule has 3 N–H and O–H groups in total. The molecule has 1 heterocycles. The molecule has 1 amide bonds. The molecule has 1 aromatic rings.